The van der Waals surface area contributed by atoms with E-state index in [1.165, 1.54) is 0 Å². The standard InChI is InChI=1S/C16H29NO3S/c1-5-11(6-2)14(17-10(4)18)12-8-9-13(16(19)20)15(12)21-7-3/h11-15H,5-9H2,1-4H3,(H,17,18)(H,19,20)/t12-,13+,14-,15+/m1/s1. The lowest BCUT2D eigenvalue weighted by Gasteiger charge is -2.35. The second-order valence-electron chi connectivity index (χ2n) is 5.91. The molecule has 21 heavy (non-hydrogen) atoms. The minimum Gasteiger partial charge on any atom is -0.481 e. The number of carbonyl (C=O) groups is 2. The first-order chi connectivity index (χ1) is 9.96. The largest absolute Gasteiger partial charge is 0.481 e. The van der Waals surface area contributed by atoms with Gasteiger partial charge in [-0.15, -0.1) is 0 Å². The third-order valence-corrected chi connectivity index (χ3v) is 6.09. The van der Waals surface area contributed by atoms with Gasteiger partial charge in [0.25, 0.3) is 0 Å². The molecule has 0 aromatic rings. The van der Waals surface area contributed by atoms with Crippen molar-refractivity contribution in [3.05, 3.63) is 0 Å². The van der Waals surface area contributed by atoms with Gasteiger partial charge in [-0.2, -0.15) is 11.8 Å². The van der Waals surface area contributed by atoms with Crippen LogP contribution in [0.4, 0.5) is 0 Å². The minimum absolute atomic E-state index is 0.00840. The third kappa shape index (κ3) is 4.63. The fraction of sp³-hybridized carbons (Fsp3) is 0.875. The number of carbonyl (C=O) groups excluding carboxylic acids is 1. The fourth-order valence-corrected chi connectivity index (χ4v) is 5.11. The van der Waals surface area contributed by atoms with E-state index in [2.05, 4.69) is 26.1 Å². The molecule has 0 saturated heterocycles. The molecular weight excluding hydrogens is 286 g/mol. The van der Waals surface area contributed by atoms with Crippen LogP contribution in [0.2, 0.25) is 0 Å². The summed E-state index contributed by atoms with van der Waals surface area (Å²) in [5.74, 6) is 0.642. The Morgan fingerprint density at radius 2 is 1.86 bits per heavy atom. The highest BCUT2D eigenvalue weighted by Crippen LogP contribution is 2.43. The molecule has 0 aliphatic heterocycles. The highest BCUT2D eigenvalue weighted by atomic mass is 32.2. The smallest absolute Gasteiger partial charge is 0.307 e. The predicted molar refractivity (Wildman–Crippen MR) is 87.4 cm³/mol. The topological polar surface area (TPSA) is 66.4 Å². The summed E-state index contributed by atoms with van der Waals surface area (Å²) < 4.78 is 0. The van der Waals surface area contributed by atoms with E-state index in [4.69, 9.17) is 0 Å². The van der Waals surface area contributed by atoms with Crippen molar-refractivity contribution in [2.75, 3.05) is 5.75 Å². The van der Waals surface area contributed by atoms with Crippen LogP contribution < -0.4 is 5.32 Å². The van der Waals surface area contributed by atoms with Crippen molar-refractivity contribution in [3.8, 4) is 0 Å². The molecule has 0 radical (unpaired) electrons. The molecule has 1 aliphatic carbocycles. The predicted octanol–water partition coefficient (Wildman–Crippen LogP) is 3.16. The molecule has 1 saturated carbocycles. The molecule has 0 unspecified atom stereocenters. The SMILES string of the molecule is CCS[C@H]1[C@@H]([C@H](NC(C)=O)C(CC)CC)CC[C@@H]1C(=O)O. The van der Waals surface area contributed by atoms with E-state index in [1.54, 1.807) is 18.7 Å². The molecule has 4 atom stereocenters. The van der Waals surface area contributed by atoms with E-state index >= 15 is 0 Å². The fourth-order valence-electron chi connectivity index (χ4n) is 3.68. The lowest BCUT2D eigenvalue weighted by molar-refractivity contribution is -0.141. The van der Waals surface area contributed by atoms with Crippen LogP contribution in [-0.2, 0) is 9.59 Å². The second-order valence-corrected chi connectivity index (χ2v) is 7.36. The zero-order valence-electron chi connectivity index (χ0n) is 13.6. The summed E-state index contributed by atoms with van der Waals surface area (Å²) in [6.45, 7) is 7.92. The first kappa shape index (κ1) is 18.3. The molecule has 122 valence electrons. The molecule has 0 bridgehead atoms. The van der Waals surface area contributed by atoms with Gasteiger partial charge in [-0.3, -0.25) is 9.59 Å². The van der Waals surface area contributed by atoms with Crippen molar-refractivity contribution in [1.82, 2.24) is 5.32 Å². The summed E-state index contributed by atoms with van der Waals surface area (Å²) >= 11 is 1.75. The van der Waals surface area contributed by atoms with Crippen molar-refractivity contribution in [1.29, 1.82) is 0 Å². The van der Waals surface area contributed by atoms with E-state index in [0.717, 1.165) is 31.4 Å². The quantitative estimate of drug-likeness (QED) is 0.722. The van der Waals surface area contributed by atoms with Crippen molar-refractivity contribution in [3.63, 3.8) is 0 Å². The van der Waals surface area contributed by atoms with E-state index in [1.807, 2.05) is 0 Å². The zero-order valence-corrected chi connectivity index (χ0v) is 14.4. The summed E-state index contributed by atoms with van der Waals surface area (Å²) in [6.07, 6.45) is 3.66. The summed E-state index contributed by atoms with van der Waals surface area (Å²) in [5, 5.41) is 12.7. The monoisotopic (exact) mass is 315 g/mol. The van der Waals surface area contributed by atoms with E-state index < -0.39 is 5.97 Å². The van der Waals surface area contributed by atoms with Gasteiger partial charge in [0.2, 0.25) is 5.91 Å². The number of carboxylic acids is 1. The molecule has 1 aliphatic rings. The second kappa shape index (κ2) is 8.66. The number of thioether (sulfide) groups is 1. The third-order valence-electron chi connectivity index (χ3n) is 4.69. The Kier molecular flexibility index (Phi) is 7.57. The van der Waals surface area contributed by atoms with Gasteiger partial charge in [0.15, 0.2) is 0 Å². The Morgan fingerprint density at radius 3 is 2.29 bits per heavy atom. The van der Waals surface area contributed by atoms with Gasteiger partial charge in [-0.25, -0.2) is 0 Å². The number of hydrogen-bond donors (Lipinski definition) is 2. The molecular formula is C16H29NO3S. The van der Waals surface area contributed by atoms with Crippen LogP contribution in [0.1, 0.15) is 53.4 Å². The number of carboxylic acid groups (broad SMARTS) is 1. The van der Waals surface area contributed by atoms with Gasteiger partial charge in [0.05, 0.1) is 5.92 Å². The van der Waals surface area contributed by atoms with Crippen molar-refractivity contribution in [2.45, 2.75) is 64.7 Å². The molecule has 0 heterocycles. The summed E-state index contributed by atoms with van der Waals surface area (Å²) in [6, 6.07) is 0.103. The molecule has 2 N–H and O–H groups in total. The molecule has 0 aromatic heterocycles. The van der Waals surface area contributed by atoms with Crippen LogP contribution >= 0.6 is 11.8 Å². The molecule has 4 nitrogen and oxygen atoms in total. The Labute approximate surface area is 132 Å². The van der Waals surface area contributed by atoms with E-state index in [-0.39, 0.29) is 29.0 Å². The van der Waals surface area contributed by atoms with Gasteiger partial charge in [-0.1, -0.05) is 33.6 Å². The Balaban J connectivity index is 2.98. The maximum absolute atomic E-state index is 11.6. The number of aliphatic carboxylic acids is 1. The highest BCUT2D eigenvalue weighted by Gasteiger charge is 2.45. The number of amides is 1. The lowest BCUT2D eigenvalue weighted by Crippen LogP contribution is -2.47. The maximum atomic E-state index is 11.6. The van der Waals surface area contributed by atoms with Crippen LogP contribution in [0, 0.1) is 17.8 Å². The van der Waals surface area contributed by atoms with Crippen LogP contribution in [-0.4, -0.2) is 34.0 Å². The molecule has 1 rings (SSSR count). The van der Waals surface area contributed by atoms with Gasteiger partial charge < -0.3 is 10.4 Å². The van der Waals surface area contributed by atoms with Crippen molar-refractivity contribution < 1.29 is 14.7 Å². The first-order valence-corrected chi connectivity index (χ1v) is 9.12. The van der Waals surface area contributed by atoms with Crippen LogP contribution in [0.3, 0.4) is 0 Å². The van der Waals surface area contributed by atoms with Crippen LogP contribution in [0.15, 0.2) is 0 Å². The Hall–Kier alpha value is -0.710. The van der Waals surface area contributed by atoms with E-state index in [9.17, 15) is 14.7 Å². The lowest BCUT2D eigenvalue weighted by atomic mass is 9.83. The van der Waals surface area contributed by atoms with Gasteiger partial charge >= 0.3 is 5.97 Å². The molecule has 5 heteroatoms. The Bertz CT molecular complexity index is 357. The molecule has 0 spiro atoms. The zero-order chi connectivity index (χ0) is 16.0. The van der Waals surface area contributed by atoms with Gasteiger partial charge in [0.1, 0.15) is 0 Å². The maximum Gasteiger partial charge on any atom is 0.307 e. The van der Waals surface area contributed by atoms with Crippen LogP contribution in [0.5, 0.6) is 0 Å². The average Bonchev–Trinajstić information content (AvgIpc) is 2.82. The van der Waals surface area contributed by atoms with Crippen molar-refractivity contribution >= 4 is 23.6 Å². The summed E-state index contributed by atoms with van der Waals surface area (Å²) in [5.41, 5.74) is 0. The number of rotatable bonds is 8. The first-order valence-electron chi connectivity index (χ1n) is 8.07. The number of hydrogen-bond acceptors (Lipinski definition) is 3. The van der Waals surface area contributed by atoms with Gasteiger partial charge in [-0.05, 0) is 30.4 Å². The van der Waals surface area contributed by atoms with Gasteiger partial charge in [0, 0.05) is 18.2 Å². The summed E-state index contributed by atoms with van der Waals surface area (Å²) in [7, 11) is 0. The van der Waals surface area contributed by atoms with E-state index in [0.29, 0.717) is 5.92 Å². The van der Waals surface area contributed by atoms with Crippen LogP contribution in [0.25, 0.3) is 0 Å². The normalized spacial score (nSPS) is 26.8. The number of nitrogens with one attached hydrogen (secondary N) is 1. The highest BCUT2D eigenvalue weighted by molar-refractivity contribution is 7.99. The Morgan fingerprint density at radius 1 is 1.24 bits per heavy atom. The molecule has 1 amide bonds. The molecule has 1 fully saturated rings. The minimum atomic E-state index is -0.686. The average molecular weight is 315 g/mol. The van der Waals surface area contributed by atoms with Crippen molar-refractivity contribution in [2.24, 2.45) is 17.8 Å². The summed E-state index contributed by atoms with van der Waals surface area (Å²) in [4.78, 5) is 23.1. The molecule has 0 aromatic carbocycles.